The van der Waals surface area contributed by atoms with Gasteiger partial charge in [0.15, 0.2) is 5.13 Å². The van der Waals surface area contributed by atoms with Crippen LogP contribution in [0.1, 0.15) is 45.2 Å². The van der Waals surface area contributed by atoms with Crippen molar-refractivity contribution in [3.63, 3.8) is 0 Å². The second kappa shape index (κ2) is 10.9. The van der Waals surface area contributed by atoms with Crippen LogP contribution in [0.2, 0.25) is 0 Å². The zero-order valence-corrected chi connectivity index (χ0v) is 16.4. The van der Waals surface area contributed by atoms with Gasteiger partial charge in [-0.15, -0.1) is 36.2 Å². The SMILES string of the molecule is CC(C)C(=O)Nc1nc(CC(=O)NC2CCC(N)CC2)cs1.Cl.Cl. The topological polar surface area (TPSA) is 97.1 Å². The minimum Gasteiger partial charge on any atom is -0.353 e. The summed E-state index contributed by atoms with van der Waals surface area (Å²) in [7, 11) is 0. The second-order valence-electron chi connectivity index (χ2n) is 6.14. The van der Waals surface area contributed by atoms with Crippen molar-refractivity contribution in [3.05, 3.63) is 11.1 Å². The van der Waals surface area contributed by atoms with Crippen LogP contribution in [-0.2, 0) is 16.0 Å². The Morgan fingerprint density at radius 2 is 1.92 bits per heavy atom. The molecule has 9 heteroatoms. The van der Waals surface area contributed by atoms with E-state index in [0.29, 0.717) is 10.8 Å². The summed E-state index contributed by atoms with van der Waals surface area (Å²) in [6.45, 7) is 3.65. The number of anilines is 1. The monoisotopic (exact) mass is 396 g/mol. The van der Waals surface area contributed by atoms with Crippen LogP contribution in [0.5, 0.6) is 0 Å². The zero-order chi connectivity index (χ0) is 16.1. The van der Waals surface area contributed by atoms with Crippen LogP contribution in [0.4, 0.5) is 5.13 Å². The Bertz CT molecular complexity index is 531. The van der Waals surface area contributed by atoms with Crippen molar-refractivity contribution in [3.8, 4) is 0 Å². The normalized spacial score (nSPS) is 19.8. The van der Waals surface area contributed by atoms with E-state index in [0.717, 1.165) is 25.7 Å². The average molecular weight is 397 g/mol. The van der Waals surface area contributed by atoms with Gasteiger partial charge in [-0.2, -0.15) is 0 Å². The molecule has 0 bridgehead atoms. The first-order chi connectivity index (χ1) is 10.4. The number of nitrogens with two attached hydrogens (primary N) is 1. The number of aromatic nitrogens is 1. The third-order valence-electron chi connectivity index (χ3n) is 3.78. The van der Waals surface area contributed by atoms with E-state index in [1.165, 1.54) is 11.3 Å². The van der Waals surface area contributed by atoms with Crippen molar-refractivity contribution in [1.29, 1.82) is 0 Å². The number of rotatable bonds is 5. The van der Waals surface area contributed by atoms with Gasteiger partial charge in [-0.1, -0.05) is 13.8 Å². The van der Waals surface area contributed by atoms with Crippen LogP contribution < -0.4 is 16.4 Å². The van der Waals surface area contributed by atoms with E-state index in [-0.39, 0.29) is 61.1 Å². The molecule has 0 unspecified atom stereocenters. The molecule has 4 N–H and O–H groups in total. The molecule has 0 saturated heterocycles. The molecular weight excluding hydrogens is 371 g/mol. The zero-order valence-electron chi connectivity index (χ0n) is 13.9. The number of carbonyl (C=O) groups is 2. The molecule has 1 aromatic rings. The standard InChI is InChI=1S/C15H24N4O2S.2ClH/c1-9(2)14(21)19-15-18-12(8-22-15)7-13(20)17-11-5-3-10(16)4-6-11;;/h8-11H,3-7,16H2,1-2H3,(H,17,20)(H,18,19,21);2*1H. The molecule has 0 atom stereocenters. The highest BCUT2D eigenvalue weighted by atomic mass is 35.5. The van der Waals surface area contributed by atoms with E-state index in [1.807, 2.05) is 19.2 Å². The molecule has 1 saturated carbocycles. The lowest BCUT2D eigenvalue weighted by atomic mass is 9.92. The van der Waals surface area contributed by atoms with E-state index >= 15 is 0 Å². The molecule has 0 aliphatic heterocycles. The third kappa shape index (κ3) is 7.34. The van der Waals surface area contributed by atoms with Crippen LogP contribution in [0.15, 0.2) is 5.38 Å². The van der Waals surface area contributed by atoms with Gasteiger partial charge in [0.25, 0.3) is 0 Å². The Hall–Kier alpha value is -0.890. The van der Waals surface area contributed by atoms with Crippen LogP contribution in [0.3, 0.4) is 0 Å². The lowest BCUT2D eigenvalue weighted by molar-refractivity contribution is -0.121. The summed E-state index contributed by atoms with van der Waals surface area (Å²) < 4.78 is 0. The molecule has 1 aliphatic rings. The highest BCUT2D eigenvalue weighted by Gasteiger charge is 2.20. The van der Waals surface area contributed by atoms with E-state index in [9.17, 15) is 9.59 Å². The highest BCUT2D eigenvalue weighted by Crippen LogP contribution is 2.18. The molecule has 138 valence electrons. The molecule has 0 spiro atoms. The summed E-state index contributed by atoms with van der Waals surface area (Å²) in [4.78, 5) is 27.9. The van der Waals surface area contributed by atoms with Crippen molar-refractivity contribution < 1.29 is 9.59 Å². The fraction of sp³-hybridized carbons (Fsp3) is 0.667. The molecule has 6 nitrogen and oxygen atoms in total. The first-order valence-corrected chi connectivity index (χ1v) is 8.62. The lowest BCUT2D eigenvalue weighted by Gasteiger charge is -2.26. The molecule has 2 amide bonds. The number of thiazole rings is 1. The average Bonchev–Trinajstić information content (AvgIpc) is 2.88. The van der Waals surface area contributed by atoms with Crippen molar-refractivity contribution in [2.75, 3.05) is 5.32 Å². The molecule has 1 aliphatic carbocycles. The Labute approximate surface area is 159 Å². The summed E-state index contributed by atoms with van der Waals surface area (Å²) in [5.74, 6) is -0.176. The predicted octanol–water partition coefficient (Wildman–Crippen LogP) is 2.51. The van der Waals surface area contributed by atoms with Crippen LogP contribution in [0.25, 0.3) is 0 Å². The highest BCUT2D eigenvalue weighted by molar-refractivity contribution is 7.13. The molecule has 0 aromatic carbocycles. The van der Waals surface area contributed by atoms with Crippen molar-refractivity contribution in [1.82, 2.24) is 10.3 Å². The van der Waals surface area contributed by atoms with Crippen molar-refractivity contribution in [2.24, 2.45) is 11.7 Å². The fourth-order valence-corrected chi connectivity index (χ4v) is 3.12. The molecule has 1 fully saturated rings. The maximum Gasteiger partial charge on any atom is 0.228 e. The van der Waals surface area contributed by atoms with E-state index in [1.54, 1.807) is 0 Å². The molecule has 2 rings (SSSR count). The summed E-state index contributed by atoms with van der Waals surface area (Å²) in [5.41, 5.74) is 6.55. The summed E-state index contributed by atoms with van der Waals surface area (Å²) in [6.07, 6.45) is 4.07. The number of halogens is 2. The third-order valence-corrected chi connectivity index (χ3v) is 4.59. The van der Waals surface area contributed by atoms with Gasteiger partial charge in [-0.3, -0.25) is 9.59 Å². The number of amides is 2. The largest absolute Gasteiger partial charge is 0.353 e. The van der Waals surface area contributed by atoms with E-state index < -0.39 is 0 Å². The first kappa shape index (κ1) is 23.1. The van der Waals surface area contributed by atoms with Crippen LogP contribution >= 0.6 is 36.2 Å². The van der Waals surface area contributed by atoms with E-state index in [4.69, 9.17) is 5.73 Å². The second-order valence-corrected chi connectivity index (χ2v) is 7.00. The summed E-state index contributed by atoms with van der Waals surface area (Å²) in [6, 6.07) is 0.505. The number of nitrogens with zero attached hydrogens (tertiary/aromatic N) is 1. The minimum atomic E-state index is -0.0895. The number of nitrogens with one attached hydrogen (secondary N) is 2. The van der Waals surface area contributed by atoms with Crippen LogP contribution in [-0.4, -0.2) is 28.9 Å². The first-order valence-electron chi connectivity index (χ1n) is 7.74. The van der Waals surface area contributed by atoms with Gasteiger partial charge < -0.3 is 16.4 Å². The van der Waals surface area contributed by atoms with Gasteiger partial charge in [0.2, 0.25) is 11.8 Å². The Morgan fingerprint density at radius 3 is 2.50 bits per heavy atom. The maximum absolute atomic E-state index is 12.0. The van der Waals surface area contributed by atoms with Crippen molar-refractivity contribution in [2.45, 2.75) is 58.0 Å². The lowest BCUT2D eigenvalue weighted by Crippen LogP contribution is -2.41. The van der Waals surface area contributed by atoms with Gasteiger partial charge in [-0.25, -0.2) is 4.98 Å². The molecule has 24 heavy (non-hydrogen) atoms. The molecule has 1 aromatic heterocycles. The van der Waals surface area contributed by atoms with Gasteiger partial charge in [-0.05, 0) is 25.7 Å². The predicted molar refractivity (Wildman–Crippen MR) is 102 cm³/mol. The van der Waals surface area contributed by atoms with Gasteiger partial charge in [0.1, 0.15) is 0 Å². The minimum absolute atomic E-state index is 0. The van der Waals surface area contributed by atoms with E-state index in [2.05, 4.69) is 15.6 Å². The number of carbonyl (C=O) groups excluding carboxylic acids is 2. The van der Waals surface area contributed by atoms with Crippen LogP contribution in [0, 0.1) is 5.92 Å². The quantitative estimate of drug-likeness (QED) is 0.711. The van der Waals surface area contributed by atoms with Gasteiger partial charge in [0, 0.05) is 23.4 Å². The Morgan fingerprint density at radius 1 is 1.29 bits per heavy atom. The Kier molecular flexibility index (Phi) is 10.5. The number of hydrogen-bond donors (Lipinski definition) is 3. The summed E-state index contributed by atoms with van der Waals surface area (Å²) >= 11 is 1.34. The van der Waals surface area contributed by atoms with Crippen molar-refractivity contribution >= 4 is 53.1 Å². The van der Waals surface area contributed by atoms with Gasteiger partial charge in [0.05, 0.1) is 12.1 Å². The smallest absolute Gasteiger partial charge is 0.228 e. The molecular formula is C15H26Cl2N4O2S. The molecule has 1 heterocycles. The molecule has 0 radical (unpaired) electrons. The Balaban J connectivity index is 0.00000264. The summed E-state index contributed by atoms with van der Waals surface area (Å²) in [5, 5.41) is 8.14. The van der Waals surface area contributed by atoms with Gasteiger partial charge >= 0.3 is 0 Å². The maximum atomic E-state index is 12.0. The fourth-order valence-electron chi connectivity index (χ4n) is 2.40. The number of hydrogen-bond acceptors (Lipinski definition) is 5.